The topological polar surface area (TPSA) is 92.3 Å². The number of likely N-dealkylation sites (tertiary alicyclic amines) is 1. The number of anilines is 1. The molecule has 1 unspecified atom stereocenters. The Morgan fingerprint density at radius 2 is 1.95 bits per heavy atom. The van der Waals surface area contributed by atoms with Crippen molar-refractivity contribution in [3.05, 3.63) is 29.8 Å². The van der Waals surface area contributed by atoms with Crippen LogP contribution in [0, 0.1) is 22.7 Å². The second kappa shape index (κ2) is 7.24. The predicted octanol–water partition coefficient (Wildman–Crippen LogP) is 2.52. The summed E-state index contributed by atoms with van der Waals surface area (Å²) in [7, 11) is 0. The molecule has 1 aromatic rings. The summed E-state index contributed by atoms with van der Waals surface area (Å²) in [5.74, 6) is 0.0389. The molecule has 0 bridgehead atoms. The van der Waals surface area contributed by atoms with E-state index in [1.54, 1.807) is 36.4 Å². The van der Waals surface area contributed by atoms with Gasteiger partial charge in [-0.15, -0.1) is 0 Å². The van der Waals surface area contributed by atoms with Crippen molar-refractivity contribution in [2.24, 2.45) is 5.10 Å². The summed E-state index contributed by atoms with van der Waals surface area (Å²) in [6.07, 6.45) is 3.27. The average Bonchev–Trinajstić information content (AvgIpc) is 2.56. The van der Waals surface area contributed by atoms with Gasteiger partial charge in [0.15, 0.2) is 0 Å². The summed E-state index contributed by atoms with van der Waals surface area (Å²) >= 11 is 0. The third-order valence-corrected chi connectivity index (χ3v) is 3.70. The monoisotopic (exact) mass is 295 g/mol. The van der Waals surface area contributed by atoms with Crippen LogP contribution in [0.15, 0.2) is 29.4 Å². The van der Waals surface area contributed by atoms with Gasteiger partial charge in [-0.05, 0) is 50.5 Å². The summed E-state index contributed by atoms with van der Waals surface area (Å²) in [4.78, 5) is 14.4. The molecule has 0 aliphatic carbocycles. The van der Waals surface area contributed by atoms with E-state index in [0.717, 1.165) is 19.4 Å². The van der Waals surface area contributed by atoms with E-state index in [-0.39, 0.29) is 17.7 Å². The standard InChI is InChI=1S/C16H17N5O/c1-12-4-2-3-9-21(12)16(22)13-5-7-14(8-6-13)19-20-15(10-17)11-18/h5-8,12,19H,2-4,9H2,1H3. The maximum atomic E-state index is 12.5. The van der Waals surface area contributed by atoms with Crippen molar-refractivity contribution in [1.82, 2.24) is 4.90 Å². The summed E-state index contributed by atoms with van der Waals surface area (Å²) < 4.78 is 0. The van der Waals surface area contributed by atoms with Crippen LogP contribution in [0.25, 0.3) is 0 Å². The van der Waals surface area contributed by atoms with Gasteiger partial charge in [-0.25, -0.2) is 0 Å². The maximum absolute atomic E-state index is 12.5. The summed E-state index contributed by atoms with van der Waals surface area (Å²) in [5, 5.41) is 20.8. The molecule has 1 aliphatic heterocycles. The second-order valence-electron chi connectivity index (χ2n) is 5.22. The third-order valence-electron chi connectivity index (χ3n) is 3.70. The van der Waals surface area contributed by atoms with Crippen LogP contribution in [0.2, 0.25) is 0 Å². The van der Waals surface area contributed by atoms with Crippen molar-refractivity contribution < 1.29 is 4.79 Å². The fraction of sp³-hybridized carbons (Fsp3) is 0.375. The number of nitrogens with one attached hydrogen (secondary N) is 1. The van der Waals surface area contributed by atoms with E-state index in [9.17, 15) is 4.79 Å². The minimum absolute atomic E-state index is 0.0389. The number of carbonyl (C=O) groups is 1. The zero-order valence-electron chi connectivity index (χ0n) is 12.4. The lowest BCUT2D eigenvalue weighted by atomic mass is 10.0. The first kappa shape index (κ1) is 15.5. The number of carbonyl (C=O) groups excluding carboxylic acids is 1. The predicted molar refractivity (Wildman–Crippen MR) is 83.1 cm³/mol. The quantitative estimate of drug-likeness (QED) is 0.685. The normalized spacial score (nSPS) is 17.0. The van der Waals surface area contributed by atoms with Crippen LogP contribution < -0.4 is 5.43 Å². The number of benzene rings is 1. The number of nitriles is 2. The molecule has 0 spiro atoms. The molecule has 0 aromatic heterocycles. The highest BCUT2D eigenvalue weighted by atomic mass is 16.2. The first-order valence-corrected chi connectivity index (χ1v) is 7.20. The van der Waals surface area contributed by atoms with E-state index in [1.807, 2.05) is 4.90 Å². The zero-order chi connectivity index (χ0) is 15.9. The number of hydrogen-bond acceptors (Lipinski definition) is 5. The Bertz CT molecular complexity index is 635. The summed E-state index contributed by atoms with van der Waals surface area (Å²) in [6.45, 7) is 2.88. The van der Waals surface area contributed by atoms with E-state index >= 15 is 0 Å². The van der Waals surface area contributed by atoms with Crippen LogP contribution >= 0.6 is 0 Å². The van der Waals surface area contributed by atoms with Gasteiger partial charge in [-0.1, -0.05) is 0 Å². The lowest BCUT2D eigenvalue weighted by Crippen LogP contribution is -2.41. The lowest BCUT2D eigenvalue weighted by Gasteiger charge is -2.33. The van der Waals surface area contributed by atoms with Crippen LogP contribution in [0.3, 0.4) is 0 Å². The highest BCUT2D eigenvalue weighted by Crippen LogP contribution is 2.20. The van der Waals surface area contributed by atoms with Gasteiger partial charge in [-0.3, -0.25) is 10.2 Å². The summed E-state index contributed by atoms with van der Waals surface area (Å²) in [6, 6.07) is 10.5. The molecule has 6 heteroatoms. The number of piperidine rings is 1. The average molecular weight is 295 g/mol. The molecule has 6 nitrogen and oxygen atoms in total. The first-order valence-electron chi connectivity index (χ1n) is 7.20. The molecule has 1 amide bonds. The van der Waals surface area contributed by atoms with Crippen molar-refractivity contribution in [3.8, 4) is 12.1 Å². The van der Waals surface area contributed by atoms with E-state index in [4.69, 9.17) is 10.5 Å². The molecule has 22 heavy (non-hydrogen) atoms. The smallest absolute Gasteiger partial charge is 0.254 e. The van der Waals surface area contributed by atoms with Gasteiger partial charge in [-0.2, -0.15) is 15.6 Å². The number of hydrogen-bond donors (Lipinski definition) is 1. The van der Waals surface area contributed by atoms with E-state index in [1.165, 1.54) is 6.42 Å². The van der Waals surface area contributed by atoms with Crippen molar-refractivity contribution in [2.75, 3.05) is 12.0 Å². The molecule has 1 aromatic carbocycles. The Labute approximate surface area is 129 Å². The largest absolute Gasteiger partial charge is 0.336 e. The Hall–Kier alpha value is -2.86. The highest BCUT2D eigenvalue weighted by molar-refractivity contribution is 6.10. The van der Waals surface area contributed by atoms with Gasteiger partial charge in [0, 0.05) is 18.2 Å². The Kier molecular flexibility index (Phi) is 5.11. The minimum atomic E-state index is -0.248. The molecular formula is C16H17N5O. The van der Waals surface area contributed by atoms with Gasteiger partial charge in [0.2, 0.25) is 5.71 Å². The van der Waals surface area contributed by atoms with Crippen LogP contribution in [0.1, 0.15) is 36.5 Å². The fourth-order valence-corrected chi connectivity index (χ4v) is 2.45. The SMILES string of the molecule is CC1CCCCN1C(=O)c1ccc(NN=C(C#N)C#N)cc1. The van der Waals surface area contributed by atoms with Gasteiger partial charge < -0.3 is 4.90 Å². The van der Waals surface area contributed by atoms with Crippen LogP contribution in [-0.4, -0.2) is 29.1 Å². The molecule has 0 saturated carbocycles. The van der Waals surface area contributed by atoms with E-state index in [2.05, 4.69) is 17.5 Å². The van der Waals surface area contributed by atoms with E-state index in [0.29, 0.717) is 11.3 Å². The van der Waals surface area contributed by atoms with Gasteiger partial charge in [0.05, 0.1) is 5.69 Å². The molecule has 1 saturated heterocycles. The molecular weight excluding hydrogens is 278 g/mol. The van der Waals surface area contributed by atoms with Crippen LogP contribution in [-0.2, 0) is 0 Å². The number of rotatable bonds is 3. The number of amides is 1. The van der Waals surface area contributed by atoms with Crippen LogP contribution in [0.5, 0.6) is 0 Å². The first-order chi connectivity index (χ1) is 10.7. The summed E-state index contributed by atoms with van der Waals surface area (Å²) in [5.41, 5.74) is 3.62. The number of nitrogens with zero attached hydrogens (tertiary/aromatic N) is 4. The minimum Gasteiger partial charge on any atom is -0.336 e. The molecule has 1 heterocycles. The molecule has 1 atom stereocenters. The van der Waals surface area contributed by atoms with Gasteiger partial charge >= 0.3 is 0 Å². The molecule has 112 valence electrons. The molecule has 1 fully saturated rings. The Balaban J connectivity index is 2.06. The molecule has 1 N–H and O–H groups in total. The second-order valence-corrected chi connectivity index (χ2v) is 5.22. The zero-order valence-corrected chi connectivity index (χ0v) is 12.4. The maximum Gasteiger partial charge on any atom is 0.254 e. The van der Waals surface area contributed by atoms with Crippen molar-refractivity contribution in [3.63, 3.8) is 0 Å². The molecule has 0 radical (unpaired) electrons. The third kappa shape index (κ3) is 3.62. The van der Waals surface area contributed by atoms with Gasteiger partial charge in [0.25, 0.3) is 5.91 Å². The van der Waals surface area contributed by atoms with Gasteiger partial charge in [0.1, 0.15) is 12.1 Å². The fourth-order valence-electron chi connectivity index (χ4n) is 2.45. The molecule has 2 rings (SSSR count). The highest BCUT2D eigenvalue weighted by Gasteiger charge is 2.23. The lowest BCUT2D eigenvalue weighted by molar-refractivity contribution is 0.0635. The molecule has 1 aliphatic rings. The van der Waals surface area contributed by atoms with Crippen molar-refractivity contribution >= 4 is 17.3 Å². The Morgan fingerprint density at radius 1 is 1.27 bits per heavy atom. The van der Waals surface area contributed by atoms with Crippen molar-refractivity contribution in [2.45, 2.75) is 32.2 Å². The number of hydrazone groups is 1. The van der Waals surface area contributed by atoms with Crippen molar-refractivity contribution in [1.29, 1.82) is 10.5 Å². The Morgan fingerprint density at radius 3 is 2.55 bits per heavy atom. The van der Waals surface area contributed by atoms with Crippen LogP contribution in [0.4, 0.5) is 5.69 Å². The van der Waals surface area contributed by atoms with E-state index < -0.39 is 0 Å².